The van der Waals surface area contributed by atoms with Gasteiger partial charge in [-0.15, -0.1) is 0 Å². The van der Waals surface area contributed by atoms with E-state index in [-0.39, 0.29) is 0 Å². The number of phenolic OH excluding ortho intramolecular Hbond substituents is 2. The summed E-state index contributed by atoms with van der Waals surface area (Å²) in [5.74, 6) is 1.17. The van der Waals surface area contributed by atoms with Crippen molar-refractivity contribution in [2.24, 2.45) is 0 Å². The Morgan fingerprint density at radius 1 is 1.00 bits per heavy atom. The molecule has 33 heavy (non-hydrogen) atoms. The minimum absolute atomic E-state index is 0.293. The maximum atomic E-state index is 10.4. The van der Waals surface area contributed by atoms with Crippen LogP contribution >= 0.6 is 11.6 Å². The van der Waals surface area contributed by atoms with Crippen molar-refractivity contribution in [3.8, 4) is 11.5 Å². The molecule has 0 radical (unpaired) electrons. The van der Waals surface area contributed by atoms with Crippen LogP contribution < -0.4 is 5.32 Å². The van der Waals surface area contributed by atoms with Crippen LogP contribution in [0.2, 0.25) is 5.02 Å². The minimum atomic E-state index is 0.293. The fraction of sp³-hybridized carbons (Fsp3) is 0.357. The number of hydrogen-bond donors (Lipinski definition) is 3. The second kappa shape index (κ2) is 11.0. The van der Waals surface area contributed by atoms with Crippen molar-refractivity contribution >= 4 is 17.3 Å². The first-order valence-electron chi connectivity index (χ1n) is 11.8. The van der Waals surface area contributed by atoms with Crippen molar-refractivity contribution in [3.05, 3.63) is 88.4 Å². The van der Waals surface area contributed by atoms with E-state index in [1.54, 1.807) is 12.1 Å². The number of halogens is 1. The summed E-state index contributed by atoms with van der Waals surface area (Å²) in [5, 5.41) is 24.6. The number of benzene rings is 3. The maximum absolute atomic E-state index is 10.4. The lowest BCUT2D eigenvalue weighted by Crippen LogP contribution is -2.44. The van der Waals surface area contributed by atoms with Gasteiger partial charge in [-0.25, -0.2) is 0 Å². The SMILES string of the molecule is Cc1ccc(O)c(NCCCN2CCC(c3ccc(Cl)cc3)CC2Cc2ccccc2O)c1. The molecule has 3 aromatic carbocycles. The van der Waals surface area contributed by atoms with Crippen LogP contribution in [0.15, 0.2) is 66.7 Å². The normalized spacial score (nSPS) is 18.8. The Morgan fingerprint density at radius 2 is 1.79 bits per heavy atom. The highest BCUT2D eigenvalue weighted by Crippen LogP contribution is 2.34. The first-order valence-corrected chi connectivity index (χ1v) is 12.2. The van der Waals surface area contributed by atoms with Crippen molar-refractivity contribution in [2.45, 2.75) is 44.6 Å². The van der Waals surface area contributed by atoms with E-state index in [0.29, 0.717) is 23.5 Å². The van der Waals surface area contributed by atoms with E-state index in [9.17, 15) is 10.2 Å². The molecule has 1 saturated heterocycles. The first-order chi connectivity index (χ1) is 16.0. The van der Waals surface area contributed by atoms with E-state index in [4.69, 9.17) is 11.6 Å². The Hall–Kier alpha value is -2.69. The van der Waals surface area contributed by atoms with Gasteiger partial charge in [0.15, 0.2) is 0 Å². The lowest BCUT2D eigenvalue weighted by Gasteiger charge is -2.40. The molecule has 0 amide bonds. The molecule has 0 bridgehead atoms. The summed E-state index contributed by atoms with van der Waals surface area (Å²) in [7, 11) is 0. The van der Waals surface area contributed by atoms with E-state index in [1.807, 2.05) is 49.4 Å². The van der Waals surface area contributed by atoms with E-state index >= 15 is 0 Å². The van der Waals surface area contributed by atoms with Crippen molar-refractivity contribution in [3.63, 3.8) is 0 Å². The molecule has 0 spiro atoms. The zero-order chi connectivity index (χ0) is 23.2. The Labute approximate surface area is 201 Å². The van der Waals surface area contributed by atoms with Crippen LogP contribution in [-0.4, -0.2) is 40.8 Å². The highest BCUT2D eigenvalue weighted by Gasteiger charge is 2.29. The molecule has 4 nitrogen and oxygen atoms in total. The third-order valence-corrected chi connectivity index (χ3v) is 6.97. The lowest BCUT2D eigenvalue weighted by molar-refractivity contribution is 0.133. The van der Waals surface area contributed by atoms with Gasteiger partial charge >= 0.3 is 0 Å². The summed E-state index contributed by atoms with van der Waals surface area (Å²) >= 11 is 6.10. The Balaban J connectivity index is 1.40. The maximum Gasteiger partial charge on any atom is 0.138 e. The van der Waals surface area contributed by atoms with Gasteiger partial charge in [0, 0.05) is 24.2 Å². The third kappa shape index (κ3) is 6.21. The zero-order valence-electron chi connectivity index (χ0n) is 19.2. The molecule has 3 N–H and O–H groups in total. The van der Waals surface area contributed by atoms with Crippen LogP contribution in [-0.2, 0) is 6.42 Å². The van der Waals surface area contributed by atoms with Gasteiger partial charge in [-0.2, -0.15) is 0 Å². The molecule has 4 rings (SSSR count). The quantitative estimate of drug-likeness (QED) is 0.268. The molecule has 1 aliphatic rings. The van der Waals surface area contributed by atoms with E-state index in [1.165, 1.54) is 5.56 Å². The van der Waals surface area contributed by atoms with Crippen molar-refractivity contribution in [2.75, 3.05) is 25.0 Å². The van der Waals surface area contributed by atoms with Gasteiger partial charge in [-0.1, -0.05) is 48.0 Å². The summed E-state index contributed by atoms with van der Waals surface area (Å²) in [5.41, 5.74) is 4.27. The molecule has 1 fully saturated rings. The van der Waals surface area contributed by atoms with Crippen molar-refractivity contribution in [1.82, 2.24) is 4.90 Å². The number of piperidine rings is 1. The highest BCUT2D eigenvalue weighted by atomic mass is 35.5. The van der Waals surface area contributed by atoms with Gasteiger partial charge in [0.05, 0.1) is 5.69 Å². The van der Waals surface area contributed by atoms with Crippen molar-refractivity contribution < 1.29 is 10.2 Å². The fourth-order valence-corrected chi connectivity index (χ4v) is 5.00. The predicted octanol–water partition coefficient (Wildman–Crippen LogP) is 6.35. The molecule has 3 aromatic rings. The molecule has 0 aromatic heterocycles. The van der Waals surface area contributed by atoms with Crippen molar-refractivity contribution in [1.29, 1.82) is 0 Å². The number of hydrogen-bond acceptors (Lipinski definition) is 4. The lowest BCUT2D eigenvalue weighted by atomic mass is 9.83. The number of anilines is 1. The smallest absolute Gasteiger partial charge is 0.138 e. The second-order valence-corrected chi connectivity index (χ2v) is 9.53. The average molecular weight is 465 g/mol. The molecule has 5 heteroatoms. The summed E-state index contributed by atoms with van der Waals surface area (Å²) < 4.78 is 0. The fourth-order valence-electron chi connectivity index (χ4n) is 4.88. The summed E-state index contributed by atoms with van der Waals surface area (Å²) in [6.07, 6.45) is 3.99. The molecule has 1 aliphatic heterocycles. The van der Waals surface area contributed by atoms with Crippen LogP contribution in [0.3, 0.4) is 0 Å². The first kappa shape index (κ1) is 23.5. The monoisotopic (exact) mass is 464 g/mol. The van der Waals surface area contributed by atoms with E-state index < -0.39 is 0 Å². The van der Waals surface area contributed by atoms with E-state index in [0.717, 1.165) is 67.2 Å². The zero-order valence-corrected chi connectivity index (χ0v) is 19.9. The third-order valence-electron chi connectivity index (χ3n) is 6.72. The second-order valence-electron chi connectivity index (χ2n) is 9.10. The van der Waals surface area contributed by atoms with Gasteiger partial charge in [0.25, 0.3) is 0 Å². The van der Waals surface area contributed by atoms with Gasteiger partial charge in [-0.05, 0) is 92.1 Å². The number of aromatic hydroxyl groups is 2. The van der Waals surface area contributed by atoms with Gasteiger partial charge in [0.1, 0.15) is 11.5 Å². The number of para-hydroxylation sites is 1. The summed E-state index contributed by atoms with van der Waals surface area (Å²) in [6, 6.07) is 21.9. The Kier molecular flexibility index (Phi) is 7.79. The molecule has 2 atom stereocenters. The van der Waals surface area contributed by atoms with Crippen LogP contribution in [0.25, 0.3) is 0 Å². The molecule has 1 heterocycles. The standard InChI is InChI=1S/C28H33ClN2O2/c1-20-7-12-28(33)26(17-20)30-14-4-15-31-16-13-22(21-8-10-24(29)11-9-21)18-25(31)19-23-5-2-3-6-27(23)32/h2-3,5-12,17,22,25,30,32-33H,4,13-16,18-19H2,1H3. The van der Waals surface area contributed by atoms with Gasteiger partial charge in [0.2, 0.25) is 0 Å². The summed E-state index contributed by atoms with van der Waals surface area (Å²) in [6.45, 7) is 4.84. The van der Waals surface area contributed by atoms with Crippen LogP contribution in [0.5, 0.6) is 11.5 Å². The number of phenols is 2. The average Bonchev–Trinajstić information content (AvgIpc) is 2.81. The van der Waals surface area contributed by atoms with Crippen LogP contribution in [0.1, 0.15) is 41.9 Å². The molecule has 2 unspecified atom stereocenters. The van der Waals surface area contributed by atoms with Crippen LogP contribution in [0, 0.1) is 6.92 Å². The molecule has 174 valence electrons. The predicted molar refractivity (Wildman–Crippen MR) is 137 cm³/mol. The number of likely N-dealkylation sites (tertiary alicyclic amines) is 1. The van der Waals surface area contributed by atoms with E-state index in [2.05, 4.69) is 22.3 Å². The van der Waals surface area contributed by atoms with Gasteiger partial charge < -0.3 is 15.5 Å². The minimum Gasteiger partial charge on any atom is -0.508 e. The molecular weight excluding hydrogens is 432 g/mol. The molecule has 0 aliphatic carbocycles. The number of rotatable bonds is 8. The summed E-state index contributed by atoms with van der Waals surface area (Å²) in [4.78, 5) is 2.57. The number of aryl methyl sites for hydroxylation is 1. The Morgan fingerprint density at radius 3 is 2.58 bits per heavy atom. The largest absolute Gasteiger partial charge is 0.508 e. The topological polar surface area (TPSA) is 55.7 Å². The number of nitrogens with one attached hydrogen (secondary N) is 1. The van der Waals surface area contributed by atoms with Crippen LogP contribution in [0.4, 0.5) is 5.69 Å². The highest BCUT2D eigenvalue weighted by molar-refractivity contribution is 6.30. The number of nitrogens with zero attached hydrogens (tertiary/aromatic N) is 1. The Bertz CT molecular complexity index is 1050. The molecular formula is C28H33ClN2O2. The molecule has 0 saturated carbocycles. The van der Waals surface area contributed by atoms with Gasteiger partial charge in [-0.3, -0.25) is 4.90 Å².